The lowest BCUT2D eigenvalue weighted by atomic mass is 10.1. The third-order valence-corrected chi connectivity index (χ3v) is 6.38. The number of halogens is 1. The number of aromatic nitrogens is 2. The van der Waals surface area contributed by atoms with Gasteiger partial charge in [-0.05, 0) is 31.5 Å². The Labute approximate surface area is 241 Å². The summed E-state index contributed by atoms with van der Waals surface area (Å²) in [6.45, 7) is 2.56. The van der Waals surface area contributed by atoms with E-state index in [9.17, 15) is 28.7 Å². The maximum Gasteiger partial charge on any atom is 0.527 e. The van der Waals surface area contributed by atoms with Crippen molar-refractivity contribution < 1.29 is 38.2 Å². The van der Waals surface area contributed by atoms with Crippen LogP contribution in [0, 0.1) is 5.82 Å². The van der Waals surface area contributed by atoms with E-state index in [1.807, 2.05) is 6.07 Å². The fraction of sp³-hybridized carbons (Fsp3) is 0.310. The molecule has 42 heavy (non-hydrogen) atoms. The normalized spacial score (nSPS) is 14.1. The quantitative estimate of drug-likeness (QED) is 0.343. The van der Waals surface area contributed by atoms with Crippen molar-refractivity contribution in [2.45, 2.75) is 25.8 Å². The van der Waals surface area contributed by atoms with Gasteiger partial charge in [0.2, 0.25) is 5.91 Å². The molecule has 0 aliphatic carbocycles. The Morgan fingerprint density at radius 1 is 0.976 bits per heavy atom. The lowest BCUT2D eigenvalue weighted by Crippen LogP contribution is -2.55. The zero-order chi connectivity index (χ0) is 30.1. The summed E-state index contributed by atoms with van der Waals surface area (Å²) in [5.41, 5.74) is 1.25. The average molecular weight is 580 g/mol. The summed E-state index contributed by atoms with van der Waals surface area (Å²) in [5.74, 6) is -2.60. The second-order valence-corrected chi connectivity index (χ2v) is 9.33. The first-order valence-electron chi connectivity index (χ1n) is 13.3. The molecule has 0 unspecified atom stereocenters. The summed E-state index contributed by atoms with van der Waals surface area (Å²) in [6, 6.07) is 14.9. The predicted octanol–water partition coefficient (Wildman–Crippen LogP) is 3.15. The van der Waals surface area contributed by atoms with Crippen LogP contribution in [0.3, 0.4) is 0 Å². The van der Waals surface area contributed by atoms with Gasteiger partial charge >= 0.3 is 12.1 Å². The smallest absolute Gasteiger partial charge is 0.481 e. The summed E-state index contributed by atoms with van der Waals surface area (Å²) in [6.07, 6.45) is -1.37. The number of carbonyl (C=O) groups excluding carboxylic acids is 3. The average Bonchev–Trinajstić information content (AvgIpc) is 2.99. The number of carbonyl (C=O) groups is 4. The molecule has 2 heterocycles. The minimum absolute atomic E-state index is 0.0797. The summed E-state index contributed by atoms with van der Waals surface area (Å²) in [7, 11) is 0. The van der Waals surface area contributed by atoms with E-state index in [1.54, 1.807) is 37.3 Å². The number of piperazine rings is 1. The standard InChI is InChI=1S/C29H30FN5O7/c1-2-41-29(40)42-35-15-13-34(14-16-35)28(39)22(11-12-25(36)37)33-27(38)24-18-23(20-9-6-10-21(30)17-20)31-26(32-24)19-7-4-3-5-8-19/h3-10,17-18,22H,2,11-16H2,1H3,(H,33,38)(H,36,37)/t22-/m0/s1. The number of hydroxylamine groups is 2. The van der Waals surface area contributed by atoms with Gasteiger partial charge in [-0.1, -0.05) is 42.5 Å². The molecule has 1 saturated heterocycles. The molecular formula is C29H30FN5O7. The minimum atomic E-state index is -1.17. The highest BCUT2D eigenvalue weighted by Gasteiger charge is 2.31. The number of nitrogens with one attached hydrogen (secondary N) is 1. The Kier molecular flexibility index (Phi) is 10.1. The third-order valence-electron chi connectivity index (χ3n) is 6.38. The number of nitrogens with zero attached hydrogens (tertiary/aromatic N) is 4. The lowest BCUT2D eigenvalue weighted by molar-refractivity contribution is -0.157. The summed E-state index contributed by atoms with van der Waals surface area (Å²) in [4.78, 5) is 65.3. The van der Waals surface area contributed by atoms with E-state index in [-0.39, 0.29) is 57.1 Å². The Morgan fingerprint density at radius 3 is 2.36 bits per heavy atom. The van der Waals surface area contributed by atoms with Crippen LogP contribution in [-0.4, -0.2) is 87.8 Å². The number of aliphatic carboxylic acids is 1. The van der Waals surface area contributed by atoms with Crippen molar-refractivity contribution in [3.05, 3.63) is 72.2 Å². The van der Waals surface area contributed by atoms with Crippen molar-refractivity contribution in [2.24, 2.45) is 0 Å². The van der Waals surface area contributed by atoms with Gasteiger partial charge in [-0.3, -0.25) is 14.4 Å². The first-order valence-corrected chi connectivity index (χ1v) is 13.3. The van der Waals surface area contributed by atoms with Crippen molar-refractivity contribution in [2.75, 3.05) is 32.8 Å². The third kappa shape index (κ3) is 8.07. The van der Waals surface area contributed by atoms with E-state index in [0.29, 0.717) is 16.8 Å². The molecule has 0 saturated carbocycles. The molecule has 0 bridgehead atoms. The summed E-state index contributed by atoms with van der Waals surface area (Å²) < 4.78 is 18.8. The highest BCUT2D eigenvalue weighted by Crippen LogP contribution is 2.23. The van der Waals surface area contributed by atoms with Crippen LogP contribution in [0.4, 0.5) is 9.18 Å². The molecule has 0 radical (unpaired) electrons. The fourth-order valence-corrected chi connectivity index (χ4v) is 4.30. The Hall–Kier alpha value is -4.91. The van der Waals surface area contributed by atoms with Gasteiger partial charge in [-0.25, -0.2) is 19.2 Å². The molecule has 3 aromatic rings. The molecule has 1 fully saturated rings. The minimum Gasteiger partial charge on any atom is -0.481 e. The summed E-state index contributed by atoms with van der Waals surface area (Å²) in [5, 5.41) is 13.3. The molecule has 4 rings (SSSR count). The first-order chi connectivity index (χ1) is 20.2. The predicted molar refractivity (Wildman–Crippen MR) is 147 cm³/mol. The second-order valence-electron chi connectivity index (χ2n) is 9.33. The number of ether oxygens (including phenoxy) is 1. The van der Waals surface area contributed by atoms with E-state index >= 15 is 0 Å². The highest BCUT2D eigenvalue weighted by atomic mass is 19.1. The van der Waals surface area contributed by atoms with Crippen LogP contribution in [0.1, 0.15) is 30.3 Å². The van der Waals surface area contributed by atoms with Crippen LogP contribution in [-0.2, 0) is 19.2 Å². The Morgan fingerprint density at radius 2 is 1.69 bits per heavy atom. The van der Waals surface area contributed by atoms with Gasteiger partial charge in [0.15, 0.2) is 5.82 Å². The second kappa shape index (κ2) is 14.1. The molecule has 1 aliphatic heterocycles. The molecule has 1 aromatic heterocycles. The van der Waals surface area contributed by atoms with E-state index in [4.69, 9.17) is 9.57 Å². The van der Waals surface area contributed by atoms with Crippen molar-refractivity contribution >= 4 is 23.9 Å². The number of carboxylic acid groups (broad SMARTS) is 1. The number of carboxylic acids is 1. The molecule has 220 valence electrons. The monoisotopic (exact) mass is 579 g/mol. The lowest BCUT2D eigenvalue weighted by Gasteiger charge is -2.35. The van der Waals surface area contributed by atoms with Crippen LogP contribution in [0.25, 0.3) is 22.6 Å². The van der Waals surface area contributed by atoms with Crippen LogP contribution in [0.2, 0.25) is 0 Å². The molecule has 1 aliphatic rings. The van der Waals surface area contributed by atoms with Gasteiger partial charge < -0.3 is 24.9 Å². The number of amides is 2. The largest absolute Gasteiger partial charge is 0.527 e. The van der Waals surface area contributed by atoms with Gasteiger partial charge in [0, 0.05) is 30.6 Å². The maximum atomic E-state index is 14.0. The molecule has 2 amide bonds. The van der Waals surface area contributed by atoms with Crippen molar-refractivity contribution in [1.82, 2.24) is 25.2 Å². The highest BCUT2D eigenvalue weighted by molar-refractivity contribution is 5.97. The van der Waals surface area contributed by atoms with Crippen LogP contribution >= 0.6 is 0 Å². The van der Waals surface area contributed by atoms with Crippen molar-refractivity contribution in [1.29, 1.82) is 0 Å². The van der Waals surface area contributed by atoms with Gasteiger partial charge in [0.25, 0.3) is 5.91 Å². The number of benzene rings is 2. The molecule has 2 aromatic carbocycles. The zero-order valence-electron chi connectivity index (χ0n) is 22.9. The molecule has 1 atom stereocenters. The molecule has 0 spiro atoms. The number of rotatable bonds is 10. The molecule has 13 heteroatoms. The SMILES string of the molecule is CCOC(=O)ON1CCN(C(=O)[C@H](CCC(=O)O)NC(=O)c2cc(-c3cccc(F)c3)nc(-c3ccccc3)n2)CC1. The van der Waals surface area contributed by atoms with E-state index in [2.05, 4.69) is 15.3 Å². The molecular weight excluding hydrogens is 549 g/mol. The zero-order valence-corrected chi connectivity index (χ0v) is 22.9. The number of hydrogen-bond donors (Lipinski definition) is 2. The summed E-state index contributed by atoms with van der Waals surface area (Å²) >= 11 is 0. The Bertz CT molecular complexity index is 1430. The maximum absolute atomic E-state index is 14.0. The van der Waals surface area contributed by atoms with E-state index in [0.717, 1.165) is 0 Å². The van der Waals surface area contributed by atoms with Gasteiger partial charge in [0.1, 0.15) is 17.6 Å². The van der Waals surface area contributed by atoms with E-state index < -0.39 is 35.8 Å². The van der Waals surface area contributed by atoms with Crippen LogP contribution < -0.4 is 5.32 Å². The molecule has 2 N–H and O–H groups in total. The van der Waals surface area contributed by atoms with Crippen molar-refractivity contribution in [3.8, 4) is 22.6 Å². The van der Waals surface area contributed by atoms with Gasteiger partial charge in [0.05, 0.1) is 25.4 Å². The fourth-order valence-electron chi connectivity index (χ4n) is 4.30. The van der Waals surface area contributed by atoms with Crippen LogP contribution in [0.15, 0.2) is 60.7 Å². The Balaban J connectivity index is 1.56. The molecule has 12 nitrogen and oxygen atoms in total. The number of hydrogen-bond acceptors (Lipinski definition) is 9. The topological polar surface area (TPSA) is 151 Å². The van der Waals surface area contributed by atoms with Gasteiger partial charge in [-0.2, -0.15) is 0 Å². The van der Waals surface area contributed by atoms with Crippen molar-refractivity contribution in [3.63, 3.8) is 0 Å². The van der Waals surface area contributed by atoms with Crippen LogP contribution in [0.5, 0.6) is 0 Å². The van der Waals surface area contributed by atoms with Gasteiger partial charge in [-0.15, -0.1) is 5.06 Å². The van der Waals surface area contributed by atoms with E-state index in [1.165, 1.54) is 34.2 Å². The first kappa shape index (κ1) is 30.1.